The Hall–Kier alpha value is -2.60. The number of carbonyl (C=O) groups is 2. The molecule has 0 spiro atoms. The number of nitrogens with one attached hydrogen (secondary N) is 1. The first-order valence-electron chi connectivity index (χ1n) is 7.03. The Bertz CT molecular complexity index is 680. The van der Waals surface area contributed by atoms with Gasteiger partial charge in [-0.25, -0.2) is 4.79 Å². The van der Waals surface area contributed by atoms with E-state index in [4.69, 9.17) is 4.74 Å². The van der Waals surface area contributed by atoms with Gasteiger partial charge in [0.1, 0.15) is 5.69 Å². The zero-order chi connectivity index (χ0) is 15.5. The average Bonchev–Trinajstić information content (AvgIpc) is 3.05. The molecule has 1 amide bonds. The fraction of sp³-hybridized carbons (Fsp3) is 0.250. The zero-order valence-electron chi connectivity index (χ0n) is 11.9. The number of amides is 1. The summed E-state index contributed by atoms with van der Waals surface area (Å²) in [5.74, 6) is -1.37. The molecule has 1 fully saturated rings. The molecule has 2 heterocycles. The Morgan fingerprint density at radius 1 is 1.18 bits per heavy atom. The maximum atomic E-state index is 12.5. The molecule has 3 rings (SSSR count). The molecular weight excluding hydrogens is 284 g/mol. The first-order chi connectivity index (χ1) is 10.7. The van der Waals surface area contributed by atoms with Crippen molar-refractivity contribution in [1.29, 1.82) is 0 Å². The van der Waals surface area contributed by atoms with E-state index >= 15 is 0 Å². The molecule has 0 bridgehead atoms. The maximum Gasteiger partial charge on any atom is 0.328 e. The van der Waals surface area contributed by atoms with Crippen molar-refractivity contribution in [2.45, 2.75) is 6.04 Å². The highest BCUT2D eigenvalue weighted by atomic mass is 16.5. The number of hydrogen-bond acceptors (Lipinski definition) is 3. The zero-order valence-corrected chi connectivity index (χ0v) is 11.9. The van der Waals surface area contributed by atoms with Crippen LogP contribution in [0.25, 0.3) is 11.3 Å². The second-order valence-corrected chi connectivity index (χ2v) is 5.08. The minimum atomic E-state index is -1.05. The smallest absolute Gasteiger partial charge is 0.328 e. The molecule has 1 saturated heterocycles. The molecule has 2 aromatic rings. The lowest BCUT2D eigenvalue weighted by Gasteiger charge is -2.32. The van der Waals surface area contributed by atoms with E-state index in [2.05, 4.69) is 4.98 Å². The standard InChI is InChI=1S/C16H16N2O4/c19-15(18-8-9-22-10-14(18)16(20)21)13-7-6-12(17-13)11-4-2-1-3-5-11/h1-7,14,17H,8-10H2,(H,20,21)/t14-/m1/s1. The minimum Gasteiger partial charge on any atom is -0.480 e. The summed E-state index contributed by atoms with van der Waals surface area (Å²) in [5, 5.41) is 9.20. The summed E-state index contributed by atoms with van der Waals surface area (Å²) in [6.07, 6.45) is 0. The van der Waals surface area contributed by atoms with Crippen LogP contribution in [-0.4, -0.2) is 52.7 Å². The second kappa shape index (κ2) is 6.03. The summed E-state index contributed by atoms with van der Waals surface area (Å²) in [4.78, 5) is 28.2. The molecule has 0 unspecified atom stereocenters. The van der Waals surface area contributed by atoms with Gasteiger partial charge in [-0.05, 0) is 17.7 Å². The van der Waals surface area contributed by atoms with Gasteiger partial charge < -0.3 is 19.7 Å². The van der Waals surface area contributed by atoms with Gasteiger partial charge >= 0.3 is 5.97 Å². The second-order valence-electron chi connectivity index (χ2n) is 5.08. The number of H-pyrrole nitrogens is 1. The fourth-order valence-electron chi connectivity index (χ4n) is 2.51. The lowest BCUT2D eigenvalue weighted by Crippen LogP contribution is -2.52. The van der Waals surface area contributed by atoms with Crippen molar-refractivity contribution < 1.29 is 19.4 Å². The molecule has 1 aromatic carbocycles. The molecule has 114 valence electrons. The molecule has 22 heavy (non-hydrogen) atoms. The van der Waals surface area contributed by atoms with Crippen LogP contribution in [0, 0.1) is 0 Å². The number of aromatic amines is 1. The minimum absolute atomic E-state index is 0.0212. The van der Waals surface area contributed by atoms with Crippen LogP contribution in [0.1, 0.15) is 10.5 Å². The number of benzene rings is 1. The van der Waals surface area contributed by atoms with Gasteiger partial charge in [-0.3, -0.25) is 4.79 Å². The van der Waals surface area contributed by atoms with E-state index in [1.54, 1.807) is 6.07 Å². The highest BCUT2D eigenvalue weighted by molar-refractivity contribution is 5.96. The van der Waals surface area contributed by atoms with E-state index in [1.807, 2.05) is 36.4 Å². The predicted molar refractivity (Wildman–Crippen MR) is 79.5 cm³/mol. The van der Waals surface area contributed by atoms with Crippen LogP contribution in [0.15, 0.2) is 42.5 Å². The summed E-state index contributed by atoms with van der Waals surface area (Å²) in [6.45, 7) is 0.643. The van der Waals surface area contributed by atoms with Crippen LogP contribution < -0.4 is 0 Å². The number of rotatable bonds is 3. The first kappa shape index (κ1) is 14.3. The van der Waals surface area contributed by atoms with Crippen molar-refractivity contribution in [3.8, 4) is 11.3 Å². The van der Waals surface area contributed by atoms with Crippen molar-refractivity contribution in [1.82, 2.24) is 9.88 Å². The van der Waals surface area contributed by atoms with Gasteiger partial charge in [0.05, 0.1) is 13.2 Å². The molecule has 1 aliphatic rings. The molecule has 0 aliphatic carbocycles. The molecule has 0 saturated carbocycles. The van der Waals surface area contributed by atoms with Crippen LogP contribution in [0.3, 0.4) is 0 Å². The van der Waals surface area contributed by atoms with Gasteiger partial charge in [-0.1, -0.05) is 30.3 Å². The van der Waals surface area contributed by atoms with E-state index < -0.39 is 12.0 Å². The summed E-state index contributed by atoms with van der Waals surface area (Å²) < 4.78 is 5.15. The van der Waals surface area contributed by atoms with Gasteiger partial charge in [0.2, 0.25) is 0 Å². The largest absolute Gasteiger partial charge is 0.480 e. The van der Waals surface area contributed by atoms with Crippen molar-refractivity contribution in [3.05, 3.63) is 48.2 Å². The van der Waals surface area contributed by atoms with Crippen molar-refractivity contribution in [3.63, 3.8) is 0 Å². The van der Waals surface area contributed by atoms with Crippen LogP contribution in [0.5, 0.6) is 0 Å². The van der Waals surface area contributed by atoms with E-state index in [0.29, 0.717) is 12.3 Å². The van der Waals surface area contributed by atoms with Gasteiger partial charge in [-0.15, -0.1) is 0 Å². The number of hydrogen-bond donors (Lipinski definition) is 2. The van der Waals surface area contributed by atoms with Crippen LogP contribution in [-0.2, 0) is 9.53 Å². The summed E-state index contributed by atoms with van der Waals surface area (Å²) in [5.41, 5.74) is 2.18. The molecule has 6 nitrogen and oxygen atoms in total. The first-order valence-corrected chi connectivity index (χ1v) is 7.03. The van der Waals surface area contributed by atoms with Crippen molar-refractivity contribution >= 4 is 11.9 Å². The van der Waals surface area contributed by atoms with Gasteiger partial charge in [0.25, 0.3) is 5.91 Å². The van der Waals surface area contributed by atoms with Crippen LogP contribution in [0.4, 0.5) is 0 Å². The molecular formula is C16H16N2O4. The SMILES string of the molecule is O=C(O)[C@H]1COCCN1C(=O)c1ccc(-c2ccccc2)[nH]1. The highest BCUT2D eigenvalue weighted by Crippen LogP contribution is 2.20. The Morgan fingerprint density at radius 3 is 2.68 bits per heavy atom. The maximum absolute atomic E-state index is 12.5. The van der Waals surface area contributed by atoms with Gasteiger partial charge in [-0.2, -0.15) is 0 Å². The van der Waals surface area contributed by atoms with Crippen LogP contribution in [0.2, 0.25) is 0 Å². The number of carboxylic acids is 1. The number of morpholine rings is 1. The lowest BCUT2D eigenvalue weighted by atomic mass is 10.2. The van der Waals surface area contributed by atoms with Gasteiger partial charge in [0, 0.05) is 12.2 Å². The lowest BCUT2D eigenvalue weighted by molar-refractivity contribution is -0.147. The highest BCUT2D eigenvalue weighted by Gasteiger charge is 2.33. The molecule has 1 aliphatic heterocycles. The molecule has 2 N–H and O–H groups in total. The Labute approximate surface area is 127 Å². The quantitative estimate of drug-likeness (QED) is 0.902. The van der Waals surface area contributed by atoms with E-state index in [-0.39, 0.29) is 19.1 Å². The summed E-state index contributed by atoms with van der Waals surface area (Å²) >= 11 is 0. The Morgan fingerprint density at radius 2 is 1.95 bits per heavy atom. The molecule has 1 aromatic heterocycles. The summed E-state index contributed by atoms with van der Waals surface area (Å²) in [7, 11) is 0. The van der Waals surface area contributed by atoms with E-state index in [9.17, 15) is 14.7 Å². The van der Waals surface area contributed by atoms with Gasteiger partial charge in [0.15, 0.2) is 6.04 Å². The third kappa shape index (κ3) is 2.73. The number of carbonyl (C=O) groups excluding carboxylic acids is 1. The molecule has 1 atom stereocenters. The number of aromatic nitrogens is 1. The fourth-order valence-corrected chi connectivity index (χ4v) is 2.51. The Balaban J connectivity index is 1.83. The Kier molecular flexibility index (Phi) is 3.93. The molecule has 0 radical (unpaired) electrons. The predicted octanol–water partition coefficient (Wildman–Crippen LogP) is 1.61. The monoisotopic (exact) mass is 300 g/mol. The number of nitrogens with zero attached hydrogens (tertiary/aromatic N) is 1. The number of carboxylic acid groups (broad SMARTS) is 1. The number of aliphatic carboxylic acids is 1. The van der Waals surface area contributed by atoms with Crippen LogP contribution >= 0.6 is 0 Å². The normalized spacial score (nSPS) is 18.2. The third-order valence-corrected chi connectivity index (χ3v) is 3.68. The topological polar surface area (TPSA) is 82.6 Å². The average molecular weight is 300 g/mol. The van der Waals surface area contributed by atoms with E-state index in [0.717, 1.165) is 11.3 Å². The summed E-state index contributed by atoms with van der Waals surface area (Å²) in [6, 6.07) is 12.2. The third-order valence-electron chi connectivity index (χ3n) is 3.68. The van der Waals surface area contributed by atoms with Crippen molar-refractivity contribution in [2.75, 3.05) is 19.8 Å². The van der Waals surface area contributed by atoms with Crippen molar-refractivity contribution in [2.24, 2.45) is 0 Å². The van der Waals surface area contributed by atoms with E-state index in [1.165, 1.54) is 4.90 Å². The molecule has 6 heteroatoms. The number of ether oxygens (including phenoxy) is 1.